The smallest absolute Gasteiger partial charge is 0.167 e. The van der Waals surface area contributed by atoms with E-state index in [0.29, 0.717) is 28.4 Å². The summed E-state index contributed by atoms with van der Waals surface area (Å²) in [7, 11) is 3.95. The topological polar surface area (TPSA) is 78.9 Å². The van der Waals surface area contributed by atoms with Crippen LogP contribution in [0.5, 0.6) is 0 Å². The minimum absolute atomic E-state index is 0.0763. The van der Waals surface area contributed by atoms with Crippen molar-refractivity contribution in [3.8, 4) is 11.4 Å². The van der Waals surface area contributed by atoms with Crippen molar-refractivity contribution < 1.29 is 8.78 Å². The van der Waals surface area contributed by atoms with Crippen LogP contribution in [0.3, 0.4) is 0 Å². The van der Waals surface area contributed by atoms with Crippen molar-refractivity contribution in [1.29, 1.82) is 0 Å². The predicted molar refractivity (Wildman–Crippen MR) is 122 cm³/mol. The van der Waals surface area contributed by atoms with E-state index in [4.69, 9.17) is 11.6 Å². The number of benzene rings is 1. The molecule has 0 amide bonds. The third kappa shape index (κ3) is 4.90. The Morgan fingerprint density at radius 1 is 1.00 bits per heavy atom. The fourth-order valence-electron chi connectivity index (χ4n) is 3.00. The summed E-state index contributed by atoms with van der Waals surface area (Å²) in [6, 6.07) is 9.17. The Morgan fingerprint density at radius 2 is 1.84 bits per heavy atom. The van der Waals surface area contributed by atoms with E-state index in [9.17, 15) is 8.78 Å². The molecule has 0 aliphatic heterocycles. The van der Waals surface area contributed by atoms with Crippen LogP contribution in [0.25, 0.3) is 22.4 Å². The van der Waals surface area contributed by atoms with Gasteiger partial charge in [0.25, 0.3) is 0 Å². The van der Waals surface area contributed by atoms with E-state index in [1.807, 2.05) is 19.0 Å². The minimum atomic E-state index is -0.551. The number of rotatable bonds is 7. The highest BCUT2D eigenvalue weighted by molar-refractivity contribution is 6.30. The lowest BCUT2D eigenvalue weighted by Gasteiger charge is -2.14. The summed E-state index contributed by atoms with van der Waals surface area (Å²) in [5.41, 5.74) is 0.609. The zero-order chi connectivity index (χ0) is 22.7. The predicted octanol–water partition coefficient (Wildman–Crippen LogP) is 4.74. The van der Waals surface area contributed by atoms with E-state index in [-0.39, 0.29) is 22.9 Å². The molecule has 0 saturated carbocycles. The van der Waals surface area contributed by atoms with Gasteiger partial charge in [-0.3, -0.25) is 4.98 Å². The molecule has 0 radical (unpaired) electrons. The van der Waals surface area contributed by atoms with Gasteiger partial charge in [-0.25, -0.2) is 23.7 Å². The number of pyridine rings is 2. The van der Waals surface area contributed by atoms with Crippen LogP contribution in [-0.4, -0.2) is 52.0 Å². The minimum Gasteiger partial charge on any atom is -0.369 e. The van der Waals surface area contributed by atoms with Crippen molar-refractivity contribution in [1.82, 2.24) is 24.8 Å². The quantitative estimate of drug-likeness (QED) is 0.417. The zero-order valence-electron chi connectivity index (χ0n) is 17.4. The van der Waals surface area contributed by atoms with Gasteiger partial charge in [-0.1, -0.05) is 11.6 Å². The Labute approximate surface area is 188 Å². The first-order valence-electron chi connectivity index (χ1n) is 9.80. The molecular weight excluding hydrogens is 436 g/mol. The molecule has 0 saturated heterocycles. The van der Waals surface area contributed by atoms with Crippen LogP contribution in [0.2, 0.25) is 5.02 Å². The van der Waals surface area contributed by atoms with Crippen molar-refractivity contribution in [2.24, 2.45) is 0 Å². The van der Waals surface area contributed by atoms with Gasteiger partial charge in [-0.15, -0.1) is 0 Å². The Hall–Kier alpha value is -3.43. The van der Waals surface area contributed by atoms with Crippen LogP contribution in [0, 0.1) is 11.6 Å². The SMILES string of the molecule is CN(C)CCNc1ccc2c(Nc3ccncc3F)nc(-c3cc(Cl)ccc3F)nc2n1. The van der Waals surface area contributed by atoms with Crippen molar-refractivity contribution in [3.05, 3.63) is 65.4 Å². The molecular formula is C22H20ClF2N7. The maximum Gasteiger partial charge on any atom is 0.167 e. The number of fused-ring (bicyclic) bond motifs is 1. The van der Waals surface area contributed by atoms with Gasteiger partial charge in [-0.2, -0.15) is 0 Å². The molecule has 3 aromatic heterocycles. The average Bonchev–Trinajstić information content (AvgIpc) is 2.76. The van der Waals surface area contributed by atoms with Gasteiger partial charge >= 0.3 is 0 Å². The summed E-state index contributed by atoms with van der Waals surface area (Å²) in [4.78, 5) is 19.3. The second-order valence-corrected chi connectivity index (χ2v) is 7.73. The number of halogens is 3. The molecule has 0 unspecified atom stereocenters. The van der Waals surface area contributed by atoms with E-state index in [2.05, 4.69) is 30.6 Å². The van der Waals surface area contributed by atoms with Gasteiger partial charge in [0.05, 0.1) is 22.8 Å². The number of likely N-dealkylation sites (N-methyl/N-ethyl adjacent to an activating group) is 1. The summed E-state index contributed by atoms with van der Waals surface area (Å²) in [6.07, 6.45) is 2.55. The molecule has 32 heavy (non-hydrogen) atoms. The van der Waals surface area contributed by atoms with Crippen molar-refractivity contribution >= 4 is 40.0 Å². The van der Waals surface area contributed by atoms with Crippen molar-refractivity contribution in [2.75, 3.05) is 37.8 Å². The number of aromatic nitrogens is 4. The Bertz CT molecular complexity index is 1270. The molecule has 0 bridgehead atoms. The maximum atomic E-state index is 14.5. The summed E-state index contributed by atoms with van der Waals surface area (Å²) in [5, 5.41) is 7.06. The number of nitrogens with zero attached hydrogens (tertiary/aromatic N) is 5. The lowest BCUT2D eigenvalue weighted by atomic mass is 10.2. The van der Waals surface area contributed by atoms with Crippen LogP contribution < -0.4 is 10.6 Å². The lowest BCUT2D eigenvalue weighted by Crippen LogP contribution is -2.21. The largest absolute Gasteiger partial charge is 0.369 e. The molecule has 4 aromatic rings. The standard InChI is InChI=1S/C22H20ClF2N7/c1-32(2)10-9-27-19-6-4-14-20(28-18-7-8-26-12-17(18)25)30-22(31-21(14)29-19)15-11-13(23)3-5-16(15)24/h3-8,11-12H,9-10H2,1-2H3,(H2,26,27,28,29,30,31). The molecule has 0 aliphatic carbocycles. The molecule has 0 fully saturated rings. The van der Waals surface area contributed by atoms with Gasteiger partial charge in [-0.05, 0) is 50.5 Å². The monoisotopic (exact) mass is 455 g/mol. The number of hydrogen-bond donors (Lipinski definition) is 2. The third-order valence-corrected chi connectivity index (χ3v) is 4.85. The van der Waals surface area contributed by atoms with Crippen molar-refractivity contribution in [2.45, 2.75) is 0 Å². The summed E-state index contributed by atoms with van der Waals surface area (Å²) < 4.78 is 28.7. The first-order valence-corrected chi connectivity index (χ1v) is 10.2. The van der Waals surface area contributed by atoms with Gasteiger partial charge in [0.2, 0.25) is 0 Å². The van der Waals surface area contributed by atoms with E-state index < -0.39 is 11.6 Å². The van der Waals surface area contributed by atoms with Gasteiger partial charge in [0.15, 0.2) is 17.3 Å². The normalized spacial score (nSPS) is 11.2. The van der Waals surface area contributed by atoms with E-state index in [1.54, 1.807) is 12.1 Å². The second-order valence-electron chi connectivity index (χ2n) is 7.30. The molecule has 2 N–H and O–H groups in total. The fourth-order valence-corrected chi connectivity index (χ4v) is 3.18. The Morgan fingerprint density at radius 3 is 2.62 bits per heavy atom. The third-order valence-electron chi connectivity index (χ3n) is 4.62. The van der Waals surface area contributed by atoms with E-state index in [1.165, 1.54) is 30.5 Å². The Balaban J connectivity index is 1.82. The van der Waals surface area contributed by atoms with E-state index in [0.717, 1.165) is 12.7 Å². The van der Waals surface area contributed by atoms with Gasteiger partial charge in [0.1, 0.15) is 17.5 Å². The van der Waals surface area contributed by atoms with Crippen molar-refractivity contribution in [3.63, 3.8) is 0 Å². The number of anilines is 3. The second kappa shape index (κ2) is 9.37. The van der Waals surface area contributed by atoms with Crippen LogP contribution in [-0.2, 0) is 0 Å². The van der Waals surface area contributed by atoms with E-state index >= 15 is 0 Å². The lowest BCUT2D eigenvalue weighted by molar-refractivity contribution is 0.425. The molecule has 164 valence electrons. The van der Waals surface area contributed by atoms with Gasteiger partial charge in [0, 0.05) is 24.3 Å². The molecule has 0 atom stereocenters. The van der Waals surface area contributed by atoms with Gasteiger partial charge < -0.3 is 15.5 Å². The zero-order valence-corrected chi connectivity index (χ0v) is 18.2. The molecule has 7 nitrogen and oxygen atoms in total. The molecule has 3 heterocycles. The Kier molecular flexibility index (Phi) is 6.38. The average molecular weight is 456 g/mol. The molecule has 10 heteroatoms. The first kappa shape index (κ1) is 21.8. The number of hydrogen-bond acceptors (Lipinski definition) is 7. The fraction of sp³-hybridized carbons (Fsp3) is 0.182. The molecule has 0 aliphatic rings. The summed E-state index contributed by atoms with van der Waals surface area (Å²) in [5.74, 6) is -0.120. The van der Waals surface area contributed by atoms with Crippen LogP contribution in [0.1, 0.15) is 0 Å². The highest BCUT2D eigenvalue weighted by Gasteiger charge is 2.16. The number of nitrogens with one attached hydrogen (secondary N) is 2. The highest BCUT2D eigenvalue weighted by atomic mass is 35.5. The summed E-state index contributed by atoms with van der Waals surface area (Å²) >= 11 is 6.06. The van der Waals surface area contributed by atoms with Crippen LogP contribution >= 0.6 is 11.6 Å². The maximum absolute atomic E-state index is 14.5. The van der Waals surface area contributed by atoms with Crippen LogP contribution in [0.15, 0.2) is 48.8 Å². The molecule has 1 aromatic carbocycles. The highest BCUT2D eigenvalue weighted by Crippen LogP contribution is 2.30. The summed E-state index contributed by atoms with van der Waals surface area (Å²) in [6.45, 7) is 1.50. The molecule has 4 rings (SSSR count). The first-order chi connectivity index (χ1) is 15.4. The molecule has 0 spiro atoms. The van der Waals surface area contributed by atoms with Crippen LogP contribution in [0.4, 0.5) is 26.1 Å².